The van der Waals surface area contributed by atoms with Crippen LogP contribution in [-0.2, 0) is 4.79 Å². The second-order valence-corrected chi connectivity index (χ2v) is 4.88. The summed E-state index contributed by atoms with van der Waals surface area (Å²) in [4.78, 5) is 27.2. The summed E-state index contributed by atoms with van der Waals surface area (Å²) in [6.45, 7) is 6.03. The van der Waals surface area contributed by atoms with Gasteiger partial charge in [-0.2, -0.15) is 0 Å². The van der Waals surface area contributed by atoms with E-state index in [4.69, 9.17) is 0 Å². The number of hydrogen-bond acceptors (Lipinski definition) is 3. The van der Waals surface area contributed by atoms with Gasteiger partial charge in [-0.15, -0.1) is 0 Å². The number of urea groups is 1. The van der Waals surface area contributed by atoms with E-state index in [-0.39, 0.29) is 24.5 Å². The molecule has 0 aliphatic heterocycles. The second kappa shape index (κ2) is 8.14. The van der Waals surface area contributed by atoms with Crippen molar-refractivity contribution >= 4 is 17.6 Å². The molecular formula is C14H22N4O2. The van der Waals surface area contributed by atoms with Crippen LogP contribution in [0.2, 0.25) is 0 Å². The molecule has 0 saturated heterocycles. The van der Waals surface area contributed by atoms with Crippen LogP contribution in [0.25, 0.3) is 0 Å². The van der Waals surface area contributed by atoms with E-state index in [0.717, 1.165) is 6.42 Å². The molecule has 0 aliphatic carbocycles. The predicted molar refractivity (Wildman–Crippen MR) is 78.3 cm³/mol. The number of carbonyl (C=O) groups excluding carboxylic acids is 2. The van der Waals surface area contributed by atoms with Gasteiger partial charge in [0, 0.05) is 12.2 Å². The van der Waals surface area contributed by atoms with Gasteiger partial charge in [-0.1, -0.05) is 20.8 Å². The van der Waals surface area contributed by atoms with Crippen molar-refractivity contribution in [3.8, 4) is 0 Å². The van der Waals surface area contributed by atoms with Gasteiger partial charge in [0.2, 0.25) is 5.91 Å². The molecule has 0 spiro atoms. The van der Waals surface area contributed by atoms with Gasteiger partial charge in [0.05, 0.1) is 18.4 Å². The number of aromatic nitrogens is 1. The molecule has 0 bridgehead atoms. The van der Waals surface area contributed by atoms with Gasteiger partial charge in [0.25, 0.3) is 0 Å². The zero-order chi connectivity index (χ0) is 15.0. The molecule has 1 aromatic heterocycles. The highest BCUT2D eigenvalue weighted by Crippen LogP contribution is 2.04. The first-order valence-corrected chi connectivity index (χ1v) is 6.77. The zero-order valence-corrected chi connectivity index (χ0v) is 12.1. The number of amides is 3. The van der Waals surface area contributed by atoms with Crippen molar-refractivity contribution in [3.05, 3.63) is 24.5 Å². The Morgan fingerprint density at radius 2 is 2.10 bits per heavy atom. The molecule has 3 amide bonds. The average Bonchev–Trinajstić information content (AvgIpc) is 2.43. The van der Waals surface area contributed by atoms with Gasteiger partial charge < -0.3 is 16.0 Å². The van der Waals surface area contributed by atoms with Crippen LogP contribution < -0.4 is 16.0 Å². The van der Waals surface area contributed by atoms with Crippen molar-refractivity contribution in [2.45, 2.75) is 33.2 Å². The minimum absolute atomic E-state index is 0.0741. The lowest BCUT2D eigenvalue weighted by Gasteiger charge is -2.20. The number of carbonyl (C=O) groups is 2. The van der Waals surface area contributed by atoms with Crippen LogP contribution in [0.15, 0.2) is 24.5 Å². The molecule has 0 radical (unpaired) electrons. The minimum atomic E-state index is -0.327. The SMILES string of the molecule is CC[C@@H](NC(=O)NCC(=O)Nc1cccnc1)C(C)C. The van der Waals surface area contributed by atoms with E-state index in [2.05, 4.69) is 20.9 Å². The lowest BCUT2D eigenvalue weighted by Crippen LogP contribution is -2.46. The van der Waals surface area contributed by atoms with Crippen LogP contribution in [0.4, 0.5) is 10.5 Å². The van der Waals surface area contributed by atoms with E-state index >= 15 is 0 Å². The summed E-state index contributed by atoms with van der Waals surface area (Å²) in [7, 11) is 0. The number of pyridine rings is 1. The predicted octanol–water partition coefficient (Wildman–Crippen LogP) is 1.75. The first-order valence-electron chi connectivity index (χ1n) is 6.77. The van der Waals surface area contributed by atoms with E-state index in [1.807, 2.05) is 20.8 Å². The maximum absolute atomic E-state index is 11.7. The van der Waals surface area contributed by atoms with E-state index in [0.29, 0.717) is 11.6 Å². The summed E-state index contributed by atoms with van der Waals surface area (Å²) in [5.41, 5.74) is 0.605. The van der Waals surface area contributed by atoms with Gasteiger partial charge in [0.1, 0.15) is 0 Å². The van der Waals surface area contributed by atoms with Crippen LogP contribution in [0.3, 0.4) is 0 Å². The van der Waals surface area contributed by atoms with E-state index in [1.165, 1.54) is 0 Å². The highest BCUT2D eigenvalue weighted by Gasteiger charge is 2.14. The Balaban J connectivity index is 2.32. The maximum atomic E-state index is 11.7. The van der Waals surface area contributed by atoms with E-state index in [1.54, 1.807) is 24.5 Å². The van der Waals surface area contributed by atoms with Crippen molar-refractivity contribution in [1.82, 2.24) is 15.6 Å². The van der Waals surface area contributed by atoms with Crippen LogP contribution >= 0.6 is 0 Å². The normalized spacial score (nSPS) is 11.8. The Morgan fingerprint density at radius 3 is 2.65 bits per heavy atom. The number of nitrogens with zero attached hydrogens (tertiary/aromatic N) is 1. The molecule has 0 saturated carbocycles. The molecule has 1 atom stereocenters. The van der Waals surface area contributed by atoms with Gasteiger partial charge in [0.15, 0.2) is 0 Å². The van der Waals surface area contributed by atoms with Crippen LogP contribution in [0.1, 0.15) is 27.2 Å². The zero-order valence-electron chi connectivity index (χ0n) is 12.1. The monoisotopic (exact) mass is 278 g/mol. The smallest absolute Gasteiger partial charge is 0.315 e. The Bertz CT molecular complexity index is 434. The Labute approximate surface area is 119 Å². The standard InChI is InChI=1S/C14H22N4O2/c1-4-12(10(2)3)18-14(20)16-9-13(19)17-11-6-5-7-15-8-11/h5-8,10,12H,4,9H2,1-3H3,(H,17,19)(H2,16,18,20)/t12-/m1/s1. The Morgan fingerprint density at radius 1 is 1.35 bits per heavy atom. The van der Waals surface area contributed by atoms with Gasteiger partial charge in [-0.3, -0.25) is 9.78 Å². The Kier molecular flexibility index (Phi) is 6.49. The Hall–Kier alpha value is -2.11. The quantitative estimate of drug-likeness (QED) is 0.741. The third-order valence-corrected chi connectivity index (χ3v) is 2.92. The van der Waals surface area contributed by atoms with Crippen molar-refractivity contribution < 1.29 is 9.59 Å². The van der Waals surface area contributed by atoms with E-state index < -0.39 is 0 Å². The average molecular weight is 278 g/mol. The molecule has 1 rings (SSSR count). The van der Waals surface area contributed by atoms with Gasteiger partial charge in [-0.05, 0) is 24.5 Å². The molecule has 3 N–H and O–H groups in total. The van der Waals surface area contributed by atoms with Gasteiger partial charge >= 0.3 is 6.03 Å². The first-order chi connectivity index (χ1) is 9.52. The fraction of sp³-hybridized carbons (Fsp3) is 0.500. The van der Waals surface area contributed by atoms with Crippen LogP contribution in [0.5, 0.6) is 0 Å². The molecule has 1 aromatic rings. The molecule has 6 nitrogen and oxygen atoms in total. The number of hydrogen-bond donors (Lipinski definition) is 3. The fourth-order valence-electron chi connectivity index (χ4n) is 1.76. The molecular weight excluding hydrogens is 256 g/mol. The second-order valence-electron chi connectivity index (χ2n) is 4.88. The van der Waals surface area contributed by atoms with Crippen molar-refractivity contribution in [2.75, 3.05) is 11.9 Å². The molecule has 0 aromatic carbocycles. The molecule has 6 heteroatoms. The largest absolute Gasteiger partial charge is 0.335 e. The molecule has 110 valence electrons. The summed E-state index contributed by atoms with van der Waals surface area (Å²) in [5, 5.41) is 8.03. The lowest BCUT2D eigenvalue weighted by molar-refractivity contribution is -0.115. The summed E-state index contributed by atoms with van der Waals surface area (Å²) in [6.07, 6.45) is 4.02. The summed E-state index contributed by atoms with van der Waals surface area (Å²) < 4.78 is 0. The van der Waals surface area contributed by atoms with Crippen LogP contribution in [-0.4, -0.2) is 29.5 Å². The minimum Gasteiger partial charge on any atom is -0.335 e. The number of rotatable bonds is 6. The summed E-state index contributed by atoms with van der Waals surface area (Å²) in [6, 6.07) is 3.24. The first kappa shape index (κ1) is 15.9. The summed E-state index contributed by atoms with van der Waals surface area (Å²) in [5.74, 6) is 0.0701. The fourth-order valence-corrected chi connectivity index (χ4v) is 1.76. The van der Waals surface area contributed by atoms with Crippen molar-refractivity contribution in [3.63, 3.8) is 0 Å². The third-order valence-electron chi connectivity index (χ3n) is 2.92. The maximum Gasteiger partial charge on any atom is 0.315 e. The number of anilines is 1. The molecule has 0 aliphatic rings. The lowest BCUT2D eigenvalue weighted by atomic mass is 10.0. The van der Waals surface area contributed by atoms with Crippen molar-refractivity contribution in [1.29, 1.82) is 0 Å². The molecule has 0 unspecified atom stereocenters. The molecule has 1 heterocycles. The molecule has 0 fully saturated rings. The highest BCUT2D eigenvalue weighted by atomic mass is 16.2. The highest BCUT2D eigenvalue weighted by molar-refractivity contribution is 5.94. The topological polar surface area (TPSA) is 83.1 Å². The summed E-state index contributed by atoms with van der Waals surface area (Å²) >= 11 is 0. The van der Waals surface area contributed by atoms with Gasteiger partial charge in [-0.25, -0.2) is 4.79 Å². The van der Waals surface area contributed by atoms with Crippen LogP contribution in [0, 0.1) is 5.92 Å². The molecule has 20 heavy (non-hydrogen) atoms. The number of nitrogens with one attached hydrogen (secondary N) is 3. The third kappa shape index (κ3) is 5.69. The van der Waals surface area contributed by atoms with E-state index in [9.17, 15) is 9.59 Å². The van der Waals surface area contributed by atoms with Crippen molar-refractivity contribution in [2.24, 2.45) is 5.92 Å².